The molecule has 3 nitrogen and oxygen atoms in total. The predicted octanol–water partition coefficient (Wildman–Crippen LogP) is 1.53. The van der Waals surface area contributed by atoms with Gasteiger partial charge in [0.25, 0.3) is 0 Å². The molecule has 0 aromatic carbocycles. The van der Waals surface area contributed by atoms with Crippen molar-refractivity contribution in [2.75, 3.05) is 32.8 Å². The SMILES string of the molecule is CC1(CNCCOC2(C)CNC2)CCCC1. The van der Waals surface area contributed by atoms with E-state index in [2.05, 4.69) is 24.5 Å². The quantitative estimate of drug-likeness (QED) is 0.674. The maximum atomic E-state index is 5.84. The fraction of sp³-hybridized carbons (Fsp3) is 1.00. The van der Waals surface area contributed by atoms with Crippen LogP contribution >= 0.6 is 0 Å². The molecule has 0 aromatic heterocycles. The zero-order chi connectivity index (χ0) is 11.5. The minimum atomic E-state index is 0.110. The summed E-state index contributed by atoms with van der Waals surface area (Å²) < 4.78 is 5.84. The molecule has 94 valence electrons. The number of nitrogens with one attached hydrogen (secondary N) is 2. The van der Waals surface area contributed by atoms with Crippen molar-refractivity contribution in [3.63, 3.8) is 0 Å². The lowest BCUT2D eigenvalue weighted by molar-refractivity contribution is -0.0651. The lowest BCUT2D eigenvalue weighted by Gasteiger charge is -2.39. The van der Waals surface area contributed by atoms with Gasteiger partial charge in [0.2, 0.25) is 0 Å². The Bertz CT molecular complexity index is 220. The Morgan fingerprint density at radius 1 is 1.19 bits per heavy atom. The summed E-state index contributed by atoms with van der Waals surface area (Å²) >= 11 is 0. The van der Waals surface area contributed by atoms with E-state index in [1.54, 1.807) is 0 Å². The molecule has 2 N–H and O–H groups in total. The molecule has 2 fully saturated rings. The molecule has 0 atom stereocenters. The molecule has 2 rings (SSSR count). The number of ether oxygens (including phenoxy) is 1. The van der Waals surface area contributed by atoms with Crippen LogP contribution in [0.5, 0.6) is 0 Å². The highest BCUT2D eigenvalue weighted by molar-refractivity contribution is 4.90. The summed E-state index contributed by atoms with van der Waals surface area (Å²) in [5.74, 6) is 0. The molecule has 2 aliphatic rings. The van der Waals surface area contributed by atoms with Crippen LogP contribution in [-0.4, -0.2) is 38.4 Å². The average molecular weight is 226 g/mol. The Morgan fingerprint density at radius 3 is 2.44 bits per heavy atom. The van der Waals surface area contributed by atoms with Crippen molar-refractivity contribution in [1.29, 1.82) is 0 Å². The third-order valence-electron chi connectivity index (χ3n) is 4.09. The van der Waals surface area contributed by atoms with E-state index in [1.807, 2.05) is 0 Å². The summed E-state index contributed by atoms with van der Waals surface area (Å²) in [5, 5.41) is 6.79. The van der Waals surface area contributed by atoms with Gasteiger partial charge in [-0.1, -0.05) is 19.8 Å². The normalized spacial score (nSPS) is 26.6. The highest BCUT2D eigenvalue weighted by atomic mass is 16.5. The van der Waals surface area contributed by atoms with E-state index in [4.69, 9.17) is 4.74 Å². The maximum absolute atomic E-state index is 5.84. The minimum absolute atomic E-state index is 0.110. The molecular formula is C13H26N2O. The number of hydrogen-bond donors (Lipinski definition) is 2. The molecule has 0 bridgehead atoms. The third kappa shape index (κ3) is 3.19. The van der Waals surface area contributed by atoms with Crippen molar-refractivity contribution in [1.82, 2.24) is 10.6 Å². The summed E-state index contributed by atoms with van der Waals surface area (Å²) in [6.45, 7) is 9.59. The monoisotopic (exact) mass is 226 g/mol. The van der Waals surface area contributed by atoms with Gasteiger partial charge in [-0.25, -0.2) is 0 Å². The Morgan fingerprint density at radius 2 is 1.88 bits per heavy atom. The van der Waals surface area contributed by atoms with Crippen LogP contribution in [0.4, 0.5) is 0 Å². The van der Waals surface area contributed by atoms with Crippen molar-refractivity contribution in [3.8, 4) is 0 Å². The topological polar surface area (TPSA) is 33.3 Å². The summed E-state index contributed by atoms with van der Waals surface area (Å²) in [4.78, 5) is 0. The van der Waals surface area contributed by atoms with Gasteiger partial charge >= 0.3 is 0 Å². The van der Waals surface area contributed by atoms with Crippen LogP contribution in [0.15, 0.2) is 0 Å². The van der Waals surface area contributed by atoms with Gasteiger partial charge in [-0.2, -0.15) is 0 Å². The van der Waals surface area contributed by atoms with Crippen LogP contribution in [0.25, 0.3) is 0 Å². The highest BCUT2D eigenvalue weighted by Crippen LogP contribution is 2.36. The van der Waals surface area contributed by atoms with E-state index < -0.39 is 0 Å². The van der Waals surface area contributed by atoms with Crippen molar-refractivity contribution in [2.45, 2.75) is 45.1 Å². The van der Waals surface area contributed by atoms with E-state index in [1.165, 1.54) is 25.7 Å². The van der Waals surface area contributed by atoms with Gasteiger partial charge < -0.3 is 15.4 Å². The van der Waals surface area contributed by atoms with Gasteiger partial charge in [0.15, 0.2) is 0 Å². The Hall–Kier alpha value is -0.120. The largest absolute Gasteiger partial charge is 0.371 e. The second-order valence-electron chi connectivity index (χ2n) is 6.10. The molecule has 0 aromatic rings. The van der Waals surface area contributed by atoms with Crippen molar-refractivity contribution in [3.05, 3.63) is 0 Å². The van der Waals surface area contributed by atoms with Gasteiger partial charge in [0.05, 0.1) is 12.2 Å². The molecule has 1 saturated carbocycles. The first-order chi connectivity index (χ1) is 7.62. The lowest BCUT2D eigenvalue weighted by Crippen LogP contribution is -2.59. The van der Waals surface area contributed by atoms with Gasteiger partial charge in [0.1, 0.15) is 0 Å². The molecule has 16 heavy (non-hydrogen) atoms. The first-order valence-electron chi connectivity index (χ1n) is 6.67. The second kappa shape index (κ2) is 5.03. The number of rotatable bonds is 6. The van der Waals surface area contributed by atoms with Crippen LogP contribution in [0.1, 0.15) is 39.5 Å². The molecule has 0 radical (unpaired) electrons. The first-order valence-corrected chi connectivity index (χ1v) is 6.67. The molecule has 1 aliphatic heterocycles. The number of hydrogen-bond acceptors (Lipinski definition) is 3. The molecule has 0 amide bonds. The van der Waals surface area contributed by atoms with E-state index in [0.29, 0.717) is 5.41 Å². The lowest BCUT2D eigenvalue weighted by atomic mass is 9.89. The average Bonchev–Trinajstić information content (AvgIpc) is 2.62. The highest BCUT2D eigenvalue weighted by Gasteiger charge is 2.32. The molecule has 0 spiro atoms. The van der Waals surface area contributed by atoms with Crippen molar-refractivity contribution >= 4 is 0 Å². The zero-order valence-corrected chi connectivity index (χ0v) is 10.8. The molecule has 0 unspecified atom stereocenters. The smallest absolute Gasteiger partial charge is 0.0902 e. The molecule has 1 aliphatic carbocycles. The molecule has 1 saturated heterocycles. The third-order valence-corrected chi connectivity index (χ3v) is 4.09. The fourth-order valence-corrected chi connectivity index (χ4v) is 2.74. The van der Waals surface area contributed by atoms with E-state index in [9.17, 15) is 0 Å². The van der Waals surface area contributed by atoms with Crippen LogP contribution < -0.4 is 10.6 Å². The van der Waals surface area contributed by atoms with Crippen LogP contribution in [0.3, 0.4) is 0 Å². The summed E-state index contributed by atoms with van der Waals surface area (Å²) in [5.41, 5.74) is 0.668. The second-order valence-corrected chi connectivity index (χ2v) is 6.10. The van der Waals surface area contributed by atoms with E-state index in [-0.39, 0.29) is 5.60 Å². The van der Waals surface area contributed by atoms with Gasteiger partial charge in [0, 0.05) is 26.2 Å². The standard InChI is InChI=1S/C13H26N2O/c1-12(5-3-4-6-12)9-14-7-8-16-13(2)10-15-11-13/h14-15H,3-11H2,1-2H3. The zero-order valence-electron chi connectivity index (χ0n) is 10.8. The van der Waals surface area contributed by atoms with Crippen LogP contribution in [0, 0.1) is 5.41 Å². The Balaban J connectivity index is 1.51. The van der Waals surface area contributed by atoms with Gasteiger partial charge in [-0.05, 0) is 25.2 Å². The van der Waals surface area contributed by atoms with Crippen molar-refractivity contribution in [2.24, 2.45) is 5.41 Å². The first kappa shape index (κ1) is 12.3. The Kier molecular flexibility index (Phi) is 3.88. The summed E-state index contributed by atoms with van der Waals surface area (Å²) in [6.07, 6.45) is 5.61. The fourth-order valence-electron chi connectivity index (χ4n) is 2.74. The van der Waals surface area contributed by atoms with E-state index in [0.717, 1.165) is 32.8 Å². The Labute approximate surface area is 99.3 Å². The predicted molar refractivity (Wildman–Crippen MR) is 66.7 cm³/mol. The maximum Gasteiger partial charge on any atom is 0.0902 e. The molecular weight excluding hydrogens is 200 g/mol. The summed E-state index contributed by atoms with van der Waals surface area (Å²) in [7, 11) is 0. The van der Waals surface area contributed by atoms with Crippen LogP contribution in [-0.2, 0) is 4.74 Å². The minimum Gasteiger partial charge on any atom is -0.371 e. The summed E-state index contributed by atoms with van der Waals surface area (Å²) in [6, 6.07) is 0. The van der Waals surface area contributed by atoms with E-state index >= 15 is 0 Å². The van der Waals surface area contributed by atoms with Gasteiger partial charge in [-0.3, -0.25) is 0 Å². The van der Waals surface area contributed by atoms with Crippen molar-refractivity contribution < 1.29 is 4.74 Å². The van der Waals surface area contributed by atoms with Crippen LogP contribution in [0.2, 0.25) is 0 Å². The molecule has 3 heteroatoms. The van der Waals surface area contributed by atoms with Gasteiger partial charge in [-0.15, -0.1) is 0 Å². The molecule has 1 heterocycles.